The topological polar surface area (TPSA) is 73.0 Å². The van der Waals surface area contributed by atoms with Crippen LogP contribution in [-0.4, -0.2) is 47.7 Å². The number of hydrogen-bond acceptors (Lipinski definition) is 6. The standard InChI is InChI=1S/C22H25FN4O2/c1-13(2)27-9-7-19-17(11-27)22(12-28-21(24)26-22)16-10-14(5-6-18(16)29-19)15-4-3-8-25-20(15)23/h3-6,8,10,13,17,19H,7,9,11-12H2,1-2H3,(H2,24,26)/t17-,19?,22+/m0/s1. The maximum atomic E-state index is 14.3. The minimum Gasteiger partial charge on any atom is -0.490 e. The van der Waals surface area contributed by atoms with Crippen molar-refractivity contribution in [3.63, 3.8) is 0 Å². The number of piperidine rings is 1. The van der Waals surface area contributed by atoms with Gasteiger partial charge in [-0.3, -0.25) is 0 Å². The van der Waals surface area contributed by atoms with Crippen molar-refractivity contribution in [2.75, 3.05) is 19.7 Å². The number of rotatable bonds is 2. The van der Waals surface area contributed by atoms with Gasteiger partial charge in [0.2, 0.25) is 5.95 Å². The molecule has 3 aliphatic rings. The summed E-state index contributed by atoms with van der Waals surface area (Å²) in [5.74, 6) is 0.394. The number of pyridine rings is 1. The Morgan fingerprint density at radius 2 is 2.17 bits per heavy atom. The Morgan fingerprint density at radius 3 is 2.90 bits per heavy atom. The van der Waals surface area contributed by atoms with Crippen molar-refractivity contribution >= 4 is 6.02 Å². The Bertz CT molecular complexity index is 979. The van der Waals surface area contributed by atoms with E-state index < -0.39 is 11.5 Å². The van der Waals surface area contributed by atoms with Crippen LogP contribution in [0, 0.1) is 11.9 Å². The predicted octanol–water partition coefficient (Wildman–Crippen LogP) is 2.92. The van der Waals surface area contributed by atoms with Crippen LogP contribution in [0.3, 0.4) is 0 Å². The Kier molecular flexibility index (Phi) is 4.24. The van der Waals surface area contributed by atoms with E-state index >= 15 is 0 Å². The number of nitrogens with two attached hydrogens (primary N) is 1. The first-order chi connectivity index (χ1) is 14.0. The lowest BCUT2D eigenvalue weighted by Crippen LogP contribution is -2.58. The Balaban J connectivity index is 1.64. The van der Waals surface area contributed by atoms with Gasteiger partial charge in [-0.2, -0.15) is 4.39 Å². The van der Waals surface area contributed by atoms with Gasteiger partial charge < -0.3 is 20.1 Å². The minimum absolute atomic E-state index is 0.0525. The number of hydrogen-bond donors (Lipinski definition) is 1. The molecule has 6 nitrogen and oxygen atoms in total. The van der Waals surface area contributed by atoms with Crippen LogP contribution in [0.1, 0.15) is 25.8 Å². The van der Waals surface area contributed by atoms with Crippen molar-refractivity contribution in [1.29, 1.82) is 0 Å². The zero-order valence-electron chi connectivity index (χ0n) is 16.6. The van der Waals surface area contributed by atoms with Gasteiger partial charge in [-0.05, 0) is 50.1 Å². The molecule has 1 fully saturated rings. The van der Waals surface area contributed by atoms with E-state index in [0.717, 1.165) is 36.4 Å². The van der Waals surface area contributed by atoms with E-state index in [4.69, 9.17) is 20.2 Å². The van der Waals surface area contributed by atoms with Crippen LogP contribution in [0.5, 0.6) is 5.75 Å². The largest absolute Gasteiger partial charge is 0.490 e. The van der Waals surface area contributed by atoms with Crippen molar-refractivity contribution in [1.82, 2.24) is 9.88 Å². The van der Waals surface area contributed by atoms with Crippen LogP contribution in [0.4, 0.5) is 4.39 Å². The second-order valence-electron chi connectivity index (χ2n) is 8.36. The molecule has 0 bridgehead atoms. The lowest BCUT2D eigenvalue weighted by molar-refractivity contribution is -0.0313. The zero-order chi connectivity index (χ0) is 20.2. The van der Waals surface area contributed by atoms with Crippen LogP contribution in [0.2, 0.25) is 0 Å². The van der Waals surface area contributed by atoms with Crippen molar-refractivity contribution in [2.45, 2.75) is 38.0 Å². The third-order valence-electron chi connectivity index (χ3n) is 6.47. The second-order valence-corrected chi connectivity index (χ2v) is 8.36. The number of aliphatic imine (C=N–C) groups is 1. The van der Waals surface area contributed by atoms with Gasteiger partial charge in [0.25, 0.3) is 6.02 Å². The van der Waals surface area contributed by atoms with Crippen molar-refractivity contribution in [3.8, 4) is 16.9 Å². The second kappa shape index (κ2) is 6.69. The van der Waals surface area contributed by atoms with Gasteiger partial charge in [0.1, 0.15) is 24.0 Å². The van der Waals surface area contributed by atoms with Crippen LogP contribution in [-0.2, 0) is 10.3 Å². The molecule has 3 atom stereocenters. The highest BCUT2D eigenvalue weighted by Crippen LogP contribution is 2.51. The summed E-state index contributed by atoms with van der Waals surface area (Å²) in [5, 5.41) is 0. The summed E-state index contributed by atoms with van der Waals surface area (Å²) in [6.07, 6.45) is 2.43. The molecule has 29 heavy (non-hydrogen) atoms. The molecule has 3 aliphatic heterocycles. The molecule has 1 spiro atoms. The fourth-order valence-corrected chi connectivity index (χ4v) is 4.90. The number of likely N-dealkylation sites (tertiary alicyclic amines) is 1. The first-order valence-corrected chi connectivity index (χ1v) is 10.1. The summed E-state index contributed by atoms with van der Waals surface area (Å²) in [4.78, 5) is 11.0. The van der Waals surface area contributed by atoms with Crippen LogP contribution >= 0.6 is 0 Å². The first-order valence-electron chi connectivity index (χ1n) is 10.1. The highest BCUT2D eigenvalue weighted by atomic mass is 19.1. The zero-order valence-corrected chi connectivity index (χ0v) is 16.6. The third kappa shape index (κ3) is 2.87. The van der Waals surface area contributed by atoms with Crippen LogP contribution in [0.25, 0.3) is 11.1 Å². The van der Waals surface area contributed by atoms with Crippen LogP contribution < -0.4 is 10.5 Å². The molecule has 152 valence electrons. The molecule has 1 aromatic heterocycles. The number of benzene rings is 1. The number of amidine groups is 1. The summed E-state index contributed by atoms with van der Waals surface area (Å²) >= 11 is 0. The Labute approximate surface area is 169 Å². The summed E-state index contributed by atoms with van der Waals surface area (Å²) in [6.45, 7) is 6.63. The molecule has 0 radical (unpaired) electrons. The van der Waals surface area contributed by atoms with E-state index in [2.05, 4.69) is 23.7 Å². The van der Waals surface area contributed by atoms with Gasteiger partial charge >= 0.3 is 0 Å². The van der Waals surface area contributed by atoms with Gasteiger partial charge in [0, 0.05) is 42.4 Å². The molecule has 2 aromatic rings. The molecular weight excluding hydrogens is 371 g/mol. The number of fused-ring (bicyclic) bond motifs is 4. The molecule has 1 aromatic carbocycles. The highest BCUT2D eigenvalue weighted by molar-refractivity contribution is 5.75. The summed E-state index contributed by atoms with van der Waals surface area (Å²) in [5.41, 5.74) is 7.48. The van der Waals surface area contributed by atoms with Gasteiger partial charge in [-0.25, -0.2) is 9.98 Å². The molecule has 0 aliphatic carbocycles. The average molecular weight is 396 g/mol. The number of halogens is 1. The first kappa shape index (κ1) is 18.4. The Morgan fingerprint density at radius 1 is 1.31 bits per heavy atom. The van der Waals surface area contributed by atoms with E-state index in [-0.39, 0.29) is 18.0 Å². The average Bonchev–Trinajstić information content (AvgIpc) is 3.10. The number of ether oxygens (including phenoxy) is 2. The fraction of sp³-hybridized carbons (Fsp3) is 0.455. The van der Waals surface area contributed by atoms with E-state index in [1.54, 1.807) is 12.1 Å². The summed E-state index contributed by atoms with van der Waals surface area (Å²) in [6, 6.07) is 9.85. The van der Waals surface area contributed by atoms with Gasteiger partial charge in [-0.15, -0.1) is 0 Å². The van der Waals surface area contributed by atoms with Crippen LogP contribution in [0.15, 0.2) is 41.5 Å². The smallest absolute Gasteiger partial charge is 0.283 e. The molecular formula is C22H25FN4O2. The normalized spacial score (nSPS) is 28.5. The molecule has 5 rings (SSSR count). The lowest BCUT2D eigenvalue weighted by Gasteiger charge is -2.49. The quantitative estimate of drug-likeness (QED) is 0.791. The number of nitrogens with zero attached hydrogens (tertiary/aromatic N) is 3. The molecule has 1 unspecified atom stereocenters. The monoisotopic (exact) mass is 396 g/mol. The lowest BCUT2D eigenvalue weighted by atomic mass is 9.71. The maximum Gasteiger partial charge on any atom is 0.283 e. The maximum absolute atomic E-state index is 14.3. The van der Waals surface area contributed by atoms with E-state index in [1.807, 2.05) is 18.2 Å². The Hall–Kier alpha value is -2.67. The van der Waals surface area contributed by atoms with Gasteiger partial charge in [0.05, 0.1) is 0 Å². The summed E-state index contributed by atoms with van der Waals surface area (Å²) in [7, 11) is 0. The highest BCUT2D eigenvalue weighted by Gasteiger charge is 2.55. The number of aromatic nitrogens is 1. The van der Waals surface area contributed by atoms with Gasteiger partial charge in [0.15, 0.2) is 0 Å². The van der Waals surface area contributed by atoms with Crippen molar-refractivity contribution in [2.24, 2.45) is 16.6 Å². The molecule has 4 heterocycles. The predicted molar refractivity (Wildman–Crippen MR) is 108 cm³/mol. The molecule has 0 amide bonds. The molecule has 2 N–H and O–H groups in total. The molecule has 7 heteroatoms. The third-order valence-corrected chi connectivity index (χ3v) is 6.47. The van der Waals surface area contributed by atoms with E-state index in [1.165, 1.54) is 6.20 Å². The molecule has 1 saturated heterocycles. The van der Waals surface area contributed by atoms with Crippen molar-refractivity contribution in [3.05, 3.63) is 48.0 Å². The van der Waals surface area contributed by atoms with Crippen molar-refractivity contribution < 1.29 is 13.9 Å². The van der Waals surface area contributed by atoms with Gasteiger partial charge in [-0.1, -0.05) is 6.07 Å². The minimum atomic E-state index is -0.620. The summed E-state index contributed by atoms with van der Waals surface area (Å²) < 4.78 is 26.4. The fourth-order valence-electron chi connectivity index (χ4n) is 4.90. The molecule has 0 saturated carbocycles. The van der Waals surface area contributed by atoms with E-state index in [9.17, 15) is 4.39 Å². The SMILES string of the molecule is CC(C)N1CCC2Oc3ccc(-c4cccnc4F)cc3[C@]3(COC(N)=N3)[C@H]2C1. The van der Waals surface area contributed by atoms with E-state index in [0.29, 0.717) is 18.2 Å².